The molecule has 4 nitrogen and oxygen atoms in total. The molecule has 0 aromatic carbocycles. The largest absolute Gasteiger partial charge is 0.363 e. The van der Waals surface area contributed by atoms with E-state index in [-0.39, 0.29) is 18.1 Å². The molecular formula is C13H22N2O2. The molecule has 3 aliphatic rings. The summed E-state index contributed by atoms with van der Waals surface area (Å²) >= 11 is 0. The zero-order valence-electron chi connectivity index (χ0n) is 10.6. The first-order chi connectivity index (χ1) is 8.16. The third-order valence-electron chi connectivity index (χ3n) is 4.00. The van der Waals surface area contributed by atoms with Gasteiger partial charge in [0, 0.05) is 25.7 Å². The predicted molar refractivity (Wildman–Crippen MR) is 64.7 cm³/mol. The zero-order valence-corrected chi connectivity index (χ0v) is 10.6. The summed E-state index contributed by atoms with van der Waals surface area (Å²) in [5.74, 6) is 0.980. The number of nitrogens with one attached hydrogen (secondary N) is 1. The molecule has 0 aromatic rings. The van der Waals surface area contributed by atoms with Gasteiger partial charge in [-0.3, -0.25) is 4.79 Å². The van der Waals surface area contributed by atoms with Crippen molar-refractivity contribution < 1.29 is 9.53 Å². The number of carbonyl (C=O) groups excluding carboxylic acids is 1. The van der Waals surface area contributed by atoms with E-state index in [0.29, 0.717) is 6.04 Å². The fourth-order valence-electron chi connectivity index (χ4n) is 2.32. The summed E-state index contributed by atoms with van der Waals surface area (Å²) in [4.78, 5) is 14.2. The van der Waals surface area contributed by atoms with Gasteiger partial charge in [0.25, 0.3) is 0 Å². The van der Waals surface area contributed by atoms with Crippen LogP contribution in [0.25, 0.3) is 0 Å². The maximum absolute atomic E-state index is 12.2. The average Bonchev–Trinajstić information content (AvgIpc) is 3.12. The maximum Gasteiger partial charge on any atom is 0.248 e. The number of nitrogens with zero attached hydrogens (tertiary/aromatic N) is 1. The van der Waals surface area contributed by atoms with Crippen LogP contribution in [0.1, 0.15) is 32.6 Å². The Labute approximate surface area is 103 Å². The molecule has 1 saturated heterocycles. The van der Waals surface area contributed by atoms with Crippen LogP contribution < -0.4 is 5.32 Å². The Morgan fingerprint density at radius 3 is 2.53 bits per heavy atom. The summed E-state index contributed by atoms with van der Waals surface area (Å²) in [5, 5.41) is 3.18. The van der Waals surface area contributed by atoms with Crippen LogP contribution in [-0.4, -0.2) is 48.7 Å². The van der Waals surface area contributed by atoms with Gasteiger partial charge >= 0.3 is 0 Å². The fraction of sp³-hybridized carbons (Fsp3) is 0.923. The van der Waals surface area contributed by atoms with E-state index in [1.807, 2.05) is 0 Å². The fourth-order valence-corrected chi connectivity index (χ4v) is 2.32. The molecule has 0 atom stereocenters. The molecule has 1 heterocycles. The van der Waals surface area contributed by atoms with E-state index in [0.717, 1.165) is 25.6 Å². The van der Waals surface area contributed by atoms with Crippen LogP contribution in [-0.2, 0) is 9.53 Å². The molecule has 96 valence electrons. The molecule has 0 aromatic heterocycles. The topological polar surface area (TPSA) is 41.6 Å². The second kappa shape index (κ2) is 4.25. The summed E-state index contributed by atoms with van der Waals surface area (Å²) in [5.41, 5.74) is -0.107. The van der Waals surface area contributed by atoms with E-state index in [2.05, 4.69) is 17.1 Å². The lowest BCUT2D eigenvalue weighted by Gasteiger charge is -2.39. The average molecular weight is 238 g/mol. The highest BCUT2D eigenvalue weighted by atomic mass is 16.5. The summed E-state index contributed by atoms with van der Waals surface area (Å²) < 4.78 is 5.73. The molecule has 0 radical (unpaired) electrons. The van der Waals surface area contributed by atoms with Gasteiger partial charge in [-0.2, -0.15) is 0 Å². The summed E-state index contributed by atoms with van der Waals surface area (Å²) in [6, 6.07) is 0.527. The first kappa shape index (κ1) is 11.5. The quantitative estimate of drug-likeness (QED) is 0.743. The molecule has 0 spiro atoms. The summed E-state index contributed by atoms with van der Waals surface area (Å²) in [7, 11) is 0. The highest BCUT2D eigenvalue weighted by molar-refractivity contribution is 5.78. The molecule has 3 fully saturated rings. The lowest BCUT2D eigenvalue weighted by molar-refractivity contribution is -0.146. The van der Waals surface area contributed by atoms with Crippen LogP contribution >= 0.6 is 0 Å². The SMILES string of the molecule is CC1(OCC(=O)N(CC2CC2)C2CC2)CNC1. The minimum Gasteiger partial charge on any atom is -0.363 e. The molecule has 4 heteroatoms. The molecule has 2 saturated carbocycles. The van der Waals surface area contributed by atoms with E-state index < -0.39 is 0 Å². The highest BCUT2D eigenvalue weighted by Crippen LogP contribution is 2.35. The lowest BCUT2D eigenvalue weighted by Crippen LogP contribution is -2.59. The van der Waals surface area contributed by atoms with Crippen molar-refractivity contribution in [2.45, 2.75) is 44.2 Å². The molecule has 1 N–H and O–H groups in total. The number of carbonyl (C=O) groups is 1. The minimum absolute atomic E-state index is 0.107. The van der Waals surface area contributed by atoms with Gasteiger partial charge in [0.15, 0.2) is 0 Å². The first-order valence-corrected chi connectivity index (χ1v) is 6.80. The van der Waals surface area contributed by atoms with Gasteiger partial charge in [0.1, 0.15) is 6.61 Å². The van der Waals surface area contributed by atoms with Crippen LogP contribution in [0.4, 0.5) is 0 Å². The molecule has 0 unspecified atom stereocenters. The first-order valence-electron chi connectivity index (χ1n) is 6.80. The minimum atomic E-state index is -0.107. The van der Waals surface area contributed by atoms with Crippen LogP contribution in [0.15, 0.2) is 0 Å². The van der Waals surface area contributed by atoms with Gasteiger partial charge in [-0.15, -0.1) is 0 Å². The number of hydrogen-bond donors (Lipinski definition) is 1. The molecule has 1 aliphatic heterocycles. The Morgan fingerprint density at radius 1 is 1.35 bits per heavy atom. The third kappa shape index (κ3) is 2.80. The predicted octanol–water partition coefficient (Wildman–Crippen LogP) is 0.766. The molecule has 17 heavy (non-hydrogen) atoms. The second-order valence-electron chi connectivity index (χ2n) is 6.06. The smallest absolute Gasteiger partial charge is 0.248 e. The van der Waals surface area contributed by atoms with Crippen molar-refractivity contribution in [2.75, 3.05) is 26.2 Å². The van der Waals surface area contributed by atoms with E-state index >= 15 is 0 Å². The van der Waals surface area contributed by atoms with Crippen molar-refractivity contribution in [1.82, 2.24) is 10.2 Å². The Bertz CT molecular complexity index is 307. The third-order valence-corrected chi connectivity index (χ3v) is 4.00. The van der Waals surface area contributed by atoms with Gasteiger partial charge in [-0.1, -0.05) is 0 Å². The van der Waals surface area contributed by atoms with Crippen molar-refractivity contribution in [1.29, 1.82) is 0 Å². The number of rotatable bonds is 6. The van der Waals surface area contributed by atoms with Crippen molar-refractivity contribution in [3.8, 4) is 0 Å². The van der Waals surface area contributed by atoms with Crippen LogP contribution in [0.2, 0.25) is 0 Å². The van der Waals surface area contributed by atoms with Gasteiger partial charge in [0.2, 0.25) is 5.91 Å². The molecule has 2 aliphatic carbocycles. The Morgan fingerprint density at radius 2 is 2.06 bits per heavy atom. The normalized spacial score (nSPS) is 26.4. The van der Waals surface area contributed by atoms with E-state index in [4.69, 9.17) is 4.74 Å². The standard InChI is InChI=1S/C13H22N2O2/c1-13(8-14-9-13)17-7-12(16)15(11-4-5-11)6-10-2-3-10/h10-11,14H,2-9H2,1H3. The van der Waals surface area contributed by atoms with Gasteiger partial charge in [-0.25, -0.2) is 0 Å². The molecule has 3 rings (SSSR count). The Kier molecular flexibility index (Phi) is 2.87. The van der Waals surface area contributed by atoms with E-state index in [1.54, 1.807) is 0 Å². The van der Waals surface area contributed by atoms with Crippen molar-refractivity contribution in [2.24, 2.45) is 5.92 Å². The monoisotopic (exact) mass is 238 g/mol. The lowest BCUT2D eigenvalue weighted by atomic mass is 10.0. The highest BCUT2D eigenvalue weighted by Gasteiger charge is 2.38. The Hall–Kier alpha value is -0.610. The molecule has 1 amide bonds. The van der Waals surface area contributed by atoms with Crippen LogP contribution in [0.3, 0.4) is 0 Å². The van der Waals surface area contributed by atoms with Gasteiger partial charge < -0.3 is 15.0 Å². The van der Waals surface area contributed by atoms with Gasteiger partial charge in [0.05, 0.1) is 5.60 Å². The maximum atomic E-state index is 12.2. The van der Waals surface area contributed by atoms with E-state index in [1.165, 1.54) is 25.7 Å². The van der Waals surface area contributed by atoms with E-state index in [9.17, 15) is 4.79 Å². The summed E-state index contributed by atoms with van der Waals surface area (Å²) in [6.45, 7) is 5.04. The number of hydrogen-bond acceptors (Lipinski definition) is 3. The summed E-state index contributed by atoms with van der Waals surface area (Å²) in [6.07, 6.45) is 4.99. The second-order valence-corrected chi connectivity index (χ2v) is 6.06. The number of ether oxygens (including phenoxy) is 1. The number of amides is 1. The zero-order chi connectivity index (χ0) is 11.9. The van der Waals surface area contributed by atoms with Crippen molar-refractivity contribution >= 4 is 5.91 Å². The van der Waals surface area contributed by atoms with Crippen molar-refractivity contribution in [3.05, 3.63) is 0 Å². The molecule has 0 bridgehead atoms. The molecular weight excluding hydrogens is 216 g/mol. The van der Waals surface area contributed by atoms with Crippen LogP contribution in [0, 0.1) is 5.92 Å². The van der Waals surface area contributed by atoms with Gasteiger partial charge in [-0.05, 0) is 38.5 Å². The van der Waals surface area contributed by atoms with Crippen molar-refractivity contribution in [3.63, 3.8) is 0 Å². The van der Waals surface area contributed by atoms with Crippen LogP contribution in [0.5, 0.6) is 0 Å². The Balaban J connectivity index is 1.48.